The smallest absolute Gasteiger partial charge is 0.331 e. The molecular weight excluding hydrogens is 230 g/mol. The van der Waals surface area contributed by atoms with Crippen LogP contribution in [0.5, 0.6) is 5.75 Å². The van der Waals surface area contributed by atoms with Gasteiger partial charge in [0.25, 0.3) is 0 Å². The summed E-state index contributed by atoms with van der Waals surface area (Å²) in [6.45, 7) is 1.62. The zero-order valence-electron chi connectivity index (χ0n) is 9.24. The van der Waals surface area contributed by atoms with Crippen LogP contribution in [0.1, 0.15) is 13.3 Å². The standard InChI is InChI=1S/C12H12F2O3/c1-2-8(12(15)16)5-6-17-11-4-3-9(13)7-10(11)14/h3-5,7H,2,6H2,1H3,(H,15,16). The van der Waals surface area contributed by atoms with Crippen LogP contribution < -0.4 is 4.74 Å². The van der Waals surface area contributed by atoms with Gasteiger partial charge in [0.1, 0.15) is 12.4 Å². The largest absolute Gasteiger partial charge is 0.486 e. The quantitative estimate of drug-likeness (QED) is 0.807. The number of aliphatic carboxylic acids is 1. The lowest BCUT2D eigenvalue weighted by Crippen LogP contribution is -2.03. The summed E-state index contributed by atoms with van der Waals surface area (Å²) in [7, 11) is 0. The second kappa shape index (κ2) is 5.98. The molecule has 0 atom stereocenters. The van der Waals surface area contributed by atoms with E-state index in [1.165, 1.54) is 6.08 Å². The van der Waals surface area contributed by atoms with Crippen LogP contribution in [0, 0.1) is 11.6 Å². The van der Waals surface area contributed by atoms with Crippen LogP contribution in [-0.2, 0) is 4.79 Å². The molecule has 0 heterocycles. The van der Waals surface area contributed by atoms with Gasteiger partial charge in [-0.25, -0.2) is 13.6 Å². The molecule has 1 aromatic carbocycles. The van der Waals surface area contributed by atoms with E-state index in [1.54, 1.807) is 6.92 Å². The molecule has 0 aliphatic carbocycles. The fraction of sp³-hybridized carbons (Fsp3) is 0.250. The van der Waals surface area contributed by atoms with Gasteiger partial charge < -0.3 is 9.84 Å². The summed E-state index contributed by atoms with van der Waals surface area (Å²) in [6, 6.07) is 2.93. The molecule has 0 fully saturated rings. The van der Waals surface area contributed by atoms with Crippen molar-refractivity contribution in [3.05, 3.63) is 41.5 Å². The topological polar surface area (TPSA) is 46.5 Å². The van der Waals surface area contributed by atoms with Gasteiger partial charge in [0.05, 0.1) is 0 Å². The first-order valence-corrected chi connectivity index (χ1v) is 5.04. The molecule has 0 radical (unpaired) electrons. The van der Waals surface area contributed by atoms with Gasteiger partial charge in [-0.05, 0) is 24.6 Å². The lowest BCUT2D eigenvalue weighted by Gasteiger charge is -2.05. The van der Waals surface area contributed by atoms with Crippen molar-refractivity contribution in [1.29, 1.82) is 0 Å². The minimum atomic E-state index is -1.03. The van der Waals surface area contributed by atoms with E-state index >= 15 is 0 Å². The van der Waals surface area contributed by atoms with Gasteiger partial charge in [0.2, 0.25) is 0 Å². The minimum Gasteiger partial charge on any atom is -0.486 e. The summed E-state index contributed by atoms with van der Waals surface area (Å²) in [4.78, 5) is 10.6. The van der Waals surface area contributed by atoms with Crippen LogP contribution in [0.3, 0.4) is 0 Å². The molecular formula is C12H12F2O3. The molecule has 0 unspecified atom stereocenters. The van der Waals surface area contributed by atoms with E-state index in [-0.39, 0.29) is 17.9 Å². The average Bonchev–Trinajstić information content (AvgIpc) is 2.26. The summed E-state index contributed by atoms with van der Waals surface area (Å²) in [5.74, 6) is -2.64. The molecule has 1 aromatic rings. The van der Waals surface area contributed by atoms with Gasteiger partial charge >= 0.3 is 5.97 Å². The SMILES string of the molecule is CCC(=CCOc1ccc(F)cc1F)C(=O)O. The second-order valence-corrected chi connectivity index (χ2v) is 3.27. The van der Waals surface area contributed by atoms with Crippen molar-refractivity contribution >= 4 is 5.97 Å². The Morgan fingerprint density at radius 2 is 2.18 bits per heavy atom. The van der Waals surface area contributed by atoms with Gasteiger partial charge in [-0.15, -0.1) is 0 Å². The van der Waals surface area contributed by atoms with Crippen molar-refractivity contribution in [2.45, 2.75) is 13.3 Å². The molecule has 3 nitrogen and oxygen atoms in total. The summed E-state index contributed by atoms with van der Waals surface area (Å²) >= 11 is 0. The lowest BCUT2D eigenvalue weighted by atomic mass is 10.2. The number of benzene rings is 1. The number of carboxylic acids is 1. The highest BCUT2D eigenvalue weighted by molar-refractivity contribution is 5.86. The van der Waals surface area contributed by atoms with Crippen LogP contribution in [0.2, 0.25) is 0 Å². The number of carboxylic acid groups (broad SMARTS) is 1. The molecule has 0 spiro atoms. The molecule has 0 amide bonds. The van der Waals surface area contributed by atoms with Gasteiger partial charge in [-0.3, -0.25) is 0 Å². The summed E-state index contributed by atoms with van der Waals surface area (Å²) in [5.41, 5.74) is 0.188. The van der Waals surface area contributed by atoms with E-state index in [0.717, 1.165) is 12.1 Å². The predicted octanol–water partition coefficient (Wildman–Crippen LogP) is 2.76. The summed E-state index contributed by atoms with van der Waals surface area (Å²) in [6.07, 6.45) is 1.70. The first kappa shape index (κ1) is 13.2. The zero-order valence-corrected chi connectivity index (χ0v) is 9.24. The zero-order chi connectivity index (χ0) is 12.8. The van der Waals surface area contributed by atoms with Gasteiger partial charge in [0, 0.05) is 11.6 Å². The highest BCUT2D eigenvalue weighted by atomic mass is 19.1. The number of ether oxygens (including phenoxy) is 1. The molecule has 0 aliphatic rings. The van der Waals surface area contributed by atoms with E-state index < -0.39 is 17.6 Å². The Hall–Kier alpha value is -1.91. The molecule has 1 rings (SSSR count). The number of halogens is 2. The number of hydrogen-bond donors (Lipinski definition) is 1. The molecule has 5 heteroatoms. The third-order valence-corrected chi connectivity index (χ3v) is 2.12. The molecule has 0 saturated heterocycles. The molecule has 17 heavy (non-hydrogen) atoms. The van der Waals surface area contributed by atoms with E-state index in [2.05, 4.69) is 0 Å². The maximum Gasteiger partial charge on any atom is 0.331 e. The summed E-state index contributed by atoms with van der Waals surface area (Å²) < 4.78 is 30.7. The predicted molar refractivity (Wildman–Crippen MR) is 57.9 cm³/mol. The monoisotopic (exact) mass is 242 g/mol. The highest BCUT2D eigenvalue weighted by Crippen LogP contribution is 2.17. The average molecular weight is 242 g/mol. The first-order chi connectivity index (χ1) is 8.04. The van der Waals surface area contributed by atoms with Gasteiger partial charge in [-0.1, -0.05) is 6.92 Å². The Morgan fingerprint density at radius 3 is 2.71 bits per heavy atom. The molecule has 92 valence electrons. The summed E-state index contributed by atoms with van der Waals surface area (Å²) in [5, 5.41) is 8.71. The molecule has 1 N–H and O–H groups in total. The Labute approximate surface area is 97.3 Å². The van der Waals surface area contributed by atoms with E-state index in [4.69, 9.17) is 9.84 Å². The Balaban J connectivity index is 2.65. The van der Waals surface area contributed by atoms with Crippen LogP contribution in [-0.4, -0.2) is 17.7 Å². The van der Waals surface area contributed by atoms with Crippen molar-refractivity contribution in [1.82, 2.24) is 0 Å². The molecule has 0 aromatic heterocycles. The Kier molecular flexibility index (Phi) is 4.63. The van der Waals surface area contributed by atoms with Crippen molar-refractivity contribution in [3.8, 4) is 5.75 Å². The van der Waals surface area contributed by atoms with Crippen LogP contribution in [0.4, 0.5) is 8.78 Å². The van der Waals surface area contributed by atoms with Crippen molar-refractivity contribution in [2.24, 2.45) is 0 Å². The number of rotatable bonds is 5. The van der Waals surface area contributed by atoms with E-state index in [0.29, 0.717) is 12.5 Å². The normalized spacial score (nSPS) is 11.4. The number of hydrogen-bond acceptors (Lipinski definition) is 2. The van der Waals surface area contributed by atoms with Crippen molar-refractivity contribution in [2.75, 3.05) is 6.61 Å². The van der Waals surface area contributed by atoms with E-state index in [1.807, 2.05) is 0 Å². The fourth-order valence-corrected chi connectivity index (χ4v) is 1.21. The van der Waals surface area contributed by atoms with Gasteiger partial charge in [-0.2, -0.15) is 0 Å². The van der Waals surface area contributed by atoms with Crippen LogP contribution >= 0.6 is 0 Å². The van der Waals surface area contributed by atoms with Crippen molar-refractivity contribution < 1.29 is 23.4 Å². The van der Waals surface area contributed by atoms with Crippen molar-refractivity contribution in [3.63, 3.8) is 0 Å². The third-order valence-electron chi connectivity index (χ3n) is 2.12. The Morgan fingerprint density at radius 1 is 1.47 bits per heavy atom. The minimum absolute atomic E-state index is 0.0714. The molecule has 0 bridgehead atoms. The maximum absolute atomic E-state index is 13.1. The fourth-order valence-electron chi connectivity index (χ4n) is 1.21. The van der Waals surface area contributed by atoms with Crippen LogP contribution in [0.15, 0.2) is 29.8 Å². The second-order valence-electron chi connectivity index (χ2n) is 3.27. The molecule has 0 saturated carbocycles. The van der Waals surface area contributed by atoms with E-state index in [9.17, 15) is 13.6 Å². The van der Waals surface area contributed by atoms with Crippen LogP contribution in [0.25, 0.3) is 0 Å². The number of carbonyl (C=O) groups is 1. The highest BCUT2D eigenvalue weighted by Gasteiger charge is 2.06. The first-order valence-electron chi connectivity index (χ1n) is 5.04. The maximum atomic E-state index is 13.1. The lowest BCUT2D eigenvalue weighted by molar-refractivity contribution is -0.132. The third kappa shape index (κ3) is 3.86. The molecule has 0 aliphatic heterocycles. The Bertz CT molecular complexity index is 441. The van der Waals surface area contributed by atoms with Gasteiger partial charge in [0.15, 0.2) is 11.6 Å².